The number of anilines is 1. The molecule has 120 valence electrons. The maximum atomic E-state index is 5.28. The molecule has 2 heterocycles. The first kappa shape index (κ1) is 15.3. The van der Waals surface area contributed by atoms with Crippen molar-refractivity contribution in [1.29, 1.82) is 0 Å². The van der Waals surface area contributed by atoms with Crippen molar-refractivity contribution in [3.63, 3.8) is 0 Å². The summed E-state index contributed by atoms with van der Waals surface area (Å²) in [5.41, 5.74) is 3.78. The van der Waals surface area contributed by atoms with E-state index in [1.807, 2.05) is 50.9 Å². The predicted octanol–water partition coefficient (Wildman–Crippen LogP) is 3.19. The van der Waals surface area contributed by atoms with Gasteiger partial charge in [0.2, 0.25) is 5.95 Å². The van der Waals surface area contributed by atoms with Gasteiger partial charge in [-0.3, -0.25) is 0 Å². The van der Waals surface area contributed by atoms with Crippen molar-refractivity contribution in [2.45, 2.75) is 27.3 Å². The quantitative estimate of drug-likeness (QED) is 0.737. The van der Waals surface area contributed by atoms with Gasteiger partial charge in [0.05, 0.1) is 30.6 Å². The Hall–Kier alpha value is -2.63. The highest BCUT2D eigenvalue weighted by Gasteiger charge is 2.15. The van der Waals surface area contributed by atoms with Crippen LogP contribution in [-0.2, 0) is 6.54 Å². The average molecular weight is 312 g/mol. The topological polar surface area (TPSA) is 64.3 Å². The molecule has 0 spiro atoms. The van der Waals surface area contributed by atoms with Gasteiger partial charge in [0.15, 0.2) is 0 Å². The van der Waals surface area contributed by atoms with Crippen molar-refractivity contribution in [3.05, 3.63) is 40.9 Å². The predicted molar refractivity (Wildman–Crippen MR) is 88.9 cm³/mol. The molecule has 0 radical (unpaired) electrons. The van der Waals surface area contributed by atoms with E-state index in [9.17, 15) is 0 Å². The molecular formula is C17H20N4O2. The summed E-state index contributed by atoms with van der Waals surface area (Å²) in [6.07, 6.45) is 0. The van der Waals surface area contributed by atoms with Crippen LogP contribution in [0, 0.1) is 20.8 Å². The number of aromatic nitrogens is 3. The number of hydrogen-bond donors (Lipinski definition) is 0. The molecule has 0 unspecified atom stereocenters. The lowest BCUT2D eigenvalue weighted by Gasteiger charge is -2.18. The first-order valence-corrected chi connectivity index (χ1v) is 7.45. The molecule has 0 aliphatic carbocycles. The van der Waals surface area contributed by atoms with Gasteiger partial charge >= 0.3 is 0 Å². The number of methoxy groups -OCH3 is 1. The Kier molecular flexibility index (Phi) is 3.90. The fourth-order valence-electron chi connectivity index (χ4n) is 2.59. The van der Waals surface area contributed by atoms with E-state index >= 15 is 0 Å². The third-order valence-electron chi connectivity index (χ3n) is 4.00. The standard InChI is InChI=1S/C17H20N4O2/c1-10-14-7-6-13(22-5)8-16(14)19-17(18-10)21(4)9-15-11(2)20-23-12(15)3/h6-8H,9H2,1-5H3. The van der Waals surface area contributed by atoms with Gasteiger partial charge in [0.1, 0.15) is 11.5 Å². The third-order valence-corrected chi connectivity index (χ3v) is 4.00. The van der Waals surface area contributed by atoms with Crippen molar-refractivity contribution < 1.29 is 9.26 Å². The van der Waals surface area contributed by atoms with E-state index in [-0.39, 0.29) is 0 Å². The summed E-state index contributed by atoms with van der Waals surface area (Å²) < 4.78 is 10.5. The molecule has 0 saturated heterocycles. The Bertz CT molecular complexity index is 838. The number of nitrogens with zero attached hydrogens (tertiary/aromatic N) is 4. The molecule has 23 heavy (non-hydrogen) atoms. The van der Waals surface area contributed by atoms with Gasteiger partial charge in [-0.1, -0.05) is 5.16 Å². The summed E-state index contributed by atoms with van der Waals surface area (Å²) in [4.78, 5) is 11.3. The number of benzene rings is 1. The summed E-state index contributed by atoms with van der Waals surface area (Å²) in [5, 5.41) is 5.02. The van der Waals surface area contributed by atoms with Crippen molar-refractivity contribution in [1.82, 2.24) is 15.1 Å². The lowest BCUT2D eigenvalue weighted by molar-refractivity contribution is 0.392. The minimum Gasteiger partial charge on any atom is -0.497 e. The fraction of sp³-hybridized carbons (Fsp3) is 0.353. The Morgan fingerprint density at radius 3 is 2.57 bits per heavy atom. The van der Waals surface area contributed by atoms with Crippen LogP contribution in [0.5, 0.6) is 5.75 Å². The molecular weight excluding hydrogens is 292 g/mol. The smallest absolute Gasteiger partial charge is 0.226 e. The van der Waals surface area contributed by atoms with E-state index in [2.05, 4.69) is 15.1 Å². The van der Waals surface area contributed by atoms with E-state index in [1.165, 1.54) is 0 Å². The molecule has 0 fully saturated rings. The molecule has 3 rings (SSSR count). The van der Waals surface area contributed by atoms with E-state index < -0.39 is 0 Å². The number of hydrogen-bond acceptors (Lipinski definition) is 6. The molecule has 0 amide bonds. The van der Waals surface area contributed by atoms with Gasteiger partial charge in [-0.2, -0.15) is 0 Å². The highest BCUT2D eigenvalue weighted by atomic mass is 16.5. The summed E-state index contributed by atoms with van der Waals surface area (Å²) >= 11 is 0. The Morgan fingerprint density at radius 2 is 1.91 bits per heavy atom. The Balaban J connectivity index is 1.98. The molecule has 0 N–H and O–H groups in total. The SMILES string of the molecule is COc1ccc2c(C)nc(N(C)Cc3c(C)noc3C)nc2c1. The van der Waals surface area contributed by atoms with Crippen LogP contribution in [0.4, 0.5) is 5.95 Å². The zero-order valence-electron chi connectivity index (χ0n) is 14.0. The third kappa shape index (κ3) is 2.84. The molecule has 0 atom stereocenters. The van der Waals surface area contributed by atoms with Crippen LogP contribution in [-0.4, -0.2) is 29.3 Å². The maximum Gasteiger partial charge on any atom is 0.226 e. The summed E-state index contributed by atoms with van der Waals surface area (Å²) in [6, 6.07) is 5.84. The van der Waals surface area contributed by atoms with E-state index in [0.29, 0.717) is 12.5 Å². The normalized spacial score (nSPS) is 11.0. The monoisotopic (exact) mass is 312 g/mol. The number of aryl methyl sites for hydroxylation is 3. The minimum absolute atomic E-state index is 0.649. The van der Waals surface area contributed by atoms with Gasteiger partial charge in [-0.05, 0) is 32.9 Å². The van der Waals surface area contributed by atoms with Gasteiger partial charge < -0.3 is 14.2 Å². The molecule has 6 heteroatoms. The summed E-state index contributed by atoms with van der Waals surface area (Å²) in [5.74, 6) is 2.28. The number of fused-ring (bicyclic) bond motifs is 1. The fourth-order valence-corrected chi connectivity index (χ4v) is 2.59. The first-order valence-electron chi connectivity index (χ1n) is 7.45. The van der Waals surface area contributed by atoms with Crippen LogP contribution in [0.15, 0.2) is 22.7 Å². The van der Waals surface area contributed by atoms with Gasteiger partial charge in [-0.25, -0.2) is 9.97 Å². The Labute approximate surface area is 135 Å². The lowest BCUT2D eigenvalue weighted by atomic mass is 10.2. The summed E-state index contributed by atoms with van der Waals surface area (Å²) in [7, 11) is 3.62. The second kappa shape index (κ2) is 5.87. The zero-order valence-corrected chi connectivity index (χ0v) is 14.0. The van der Waals surface area contributed by atoms with Crippen LogP contribution in [0.25, 0.3) is 10.9 Å². The maximum absolute atomic E-state index is 5.28. The average Bonchev–Trinajstić information content (AvgIpc) is 2.86. The second-order valence-electron chi connectivity index (χ2n) is 5.65. The van der Waals surface area contributed by atoms with Gasteiger partial charge in [-0.15, -0.1) is 0 Å². The second-order valence-corrected chi connectivity index (χ2v) is 5.65. The van der Waals surface area contributed by atoms with Crippen molar-refractivity contribution in [3.8, 4) is 5.75 Å². The Morgan fingerprint density at radius 1 is 1.13 bits per heavy atom. The minimum atomic E-state index is 0.649. The van der Waals surface area contributed by atoms with Crippen LogP contribution < -0.4 is 9.64 Å². The van der Waals surface area contributed by atoms with Crippen molar-refractivity contribution in [2.24, 2.45) is 0 Å². The molecule has 3 aromatic rings. The molecule has 0 aliphatic rings. The van der Waals surface area contributed by atoms with Crippen LogP contribution in [0.2, 0.25) is 0 Å². The highest BCUT2D eigenvalue weighted by Crippen LogP contribution is 2.24. The molecule has 0 bridgehead atoms. The molecule has 0 aliphatic heterocycles. The molecule has 1 aromatic carbocycles. The van der Waals surface area contributed by atoms with E-state index in [1.54, 1.807) is 7.11 Å². The summed E-state index contributed by atoms with van der Waals surface area (Å²) in [6.45, 7) is 6.50. The van der Waals surface area contributed by atoms with Crippen LogP contribution in [0.3, 0.4) is 0 Å². The van der Waals surface area contributed by atoms with Gasteiger partial charge in [0, 0.05) is 24.1 Å². The largest absolute Gasteiger partial charge is 0.497 e. The van der Waals surface area contributed by atoms with Gasteiger partial charge in [0.25, 0.3) is 0 Å². The van der Waals surface area contributed by atoms with Crippen LogP contribution in [0.1, 0.15) is 22.7 Å². The first-order chi connectivity index (χ1) is 11.0. The van der Waals surface area contributed by atoms with Crippen LogP contribution >= 0.6 is 0 Å². The number of ether oxygens (including phenoxy) is 1. The number of rotatable bonds is 4. The highest BCUT2D eigenvalue weighted by molar-refractivity contribution is 5.83. The zero-order chi connectivity index (χ0) is 16.6. The molecule has 2 aromatic heterocycles. The van der Waals surface area contributed by atoms with E-state index in [0.717, 1.165) is 39.4 Å². The van der Waals surface area contributed by atoms with Crippen molar-refractivity contribution in [2.75, 3.05) is 19.1 Å². The molecule has 6 nitrogen and oxygen atoms in total. The molecule has 0 saturated carbocycles. The lowest BCUT2D eigenvalue weighted by Crippen LogP contribution is -2.20. The van der Waals surface area contributed by atoms with Crippen molar-refractivity contribution >= 4 is 16.9 Å². The van der Waals surface area contributed by atoms with E-state index in [4.69, 9.17) is 9.26 Å².